The van der Waals surface area contributed by atoms with E-state index in [-0.39, 0.29) is 5.25 Å². The second-order valence-corrected chi connectivity index (χ2v) is 6.37. The molecule has 0 unspecified atom stereocenters. The number of rotatable bonds is 3. The number of hydrogen-bond donors (Lipinski definition) is 3. The molecule has 1 aliphatic heterocycles. The number of nitrogens with one attached hydrogen (secondary N) is 3. The molecule has 1 saturated heterocycles. The molecule has 0 saturated carbocycles. The molecule has 0 bridgehead atoms. The first-order chi connectivity index (χ1) is 8.00. The summed E-state index contributed by atoms with van der Waals surface area (Å²) in [4.78, 5) is 0. The summed E-state index contributed by atoms with van der Waals surface area (Å²) in [5, 5.41) is 9.60. The van der Waals surface area contributed by atoms with Crippen LogP contribution in [0, 0.1) is 13.8 Å². The van der Waals surface area contributed by atoms with Gasteiger partial charge in [0.05, 0.1) is 22.3 Å². The van der Waals surface area contributed by atoms with Gasteiger partial charge in [0.25, 0.3) is 0 Å². The smallest absolute Gasteiger partial charge is 0.235 e. The molecule has 6 nitrogen and oxygen atoms in total. The lowest BCUT2D eigenvalue weighted by Gasteiger charge is -2.23. The van der Waals surface area contributed by atoms with Crippen molar-refractivity contribution in [1.29, 1.82) is 0 Å². The zero-order valence-electron chi connectivity index (χ0n) is 10.1. The van der Waals surface area contributed by atoms with E-state index in [1.807, 2.05) is 0 Å². The van der Waals surface area contributed by atoms with Crippen LogP contribution >= 0.6 is 0 Å². The molecular formula is C10H18N4O2S. The van der Waals surface area contributed by atoms with E-state index in [4.69, 9.17) is 0 Å². The molecular weight excluding hydrogens is 240 g/mol. The molecule has 0 radical (unpaired) electrons. The van der Waals surface area contributed by atoms with E-state index in [1.165, 1.54) is 0 Å². The molecule has 17 heavy (non-hydrogen) atoms. The first-order valence-electron chi connectivity index (χ1n) is 5.74. The predicted octanol–water partition coefficient (Wildman–Crippen LogP) is 0.520. The van der Waals surface area contributed by atoms with Crippen LogP contribution in [0.4, 0.5) is 5.69 Å². The Hall–Kier alpha value is -1.08. The number of aromatic nitrogens is 2. The van der Waals surface area contributed by atoms with Crippen LogP contribution in [0.25, 0.3) is 0 Å². The predicted molar refractivity (Wildman–Crippen MR) is 66.5 cm³/mol. The van der Waals surface area contributed by atoms with Crippen LogP contribution in [0.15, 0.2) is 0 Å². The van der Waals surface area contributed by atoms with Gasteiger partial charge in [-0.2, -0.15) is 5.10 Å². The van der Waals surface area contributed by atoms with Gasteiger partial charge in [-0.05, 0) is 39.8 Å². The molecule has 1 aliphatic rings. The largest absolute Gasteiger partial charge is 0.317 e. The van der Waals surface area contributed by atoms with Crippen LogP contribution in [-0.2, 0) is 10.0 Å². The molecule has 0 aromatic carbocycles. The Balaban J connectivity index is 2.17. The van der Waals surface area contributed by atoms with Crippen molar-refractivity contribution in [3.8, 4) is 0 Å². The van der Waals surface area contributed by atoms with Crippen LogP contribution in [0.1, 0.15) is 24.2 Å². The fourth-order valence-electron chi connectivity index (χ4n) is 2.03. The Labute approximate surface area is 101 Å². The Morgan fingerprint density at radius 2 is 1.94 bits per heavy atom. The lowest BCUT2D eigenvalue weighted by molar-refractivity contribution is 0.499. The van der Waals surface area contributed by atoms with Crippen molar-refractivity contribution < 1.29 is 8.42 Å². The number of aromatic amines is 1. The van der Waals surface area contributed by atoms with E-state index in [2.05, 4.69) is 20.2 Å². The highest BCUT2D eigenvalue weighted by atomic mass is 32.2. The average molecular weight is 258 g/mol. The van der Waals surface area contributed by atoms with Gasteiger partial charge in [0.1, 0.15) is 0 Å². The molecule has 3 N–H and O–H groups in total. The standard InChI is InChI=1S/C10H18N4O2S/c1-7-10(8(2)13-12-7)14-17(15,16)9-3-5-11-6-4-9/h9,11,14H,3-6H2,1-2H3,(H,12,13). The summed E-state index contributed by atoms with van der Waals surface area (Å²) in [5.74, 6) is 0. The normalized spacial score (nSPS) is 18.2. The molecule has 0 amide bonds. The summed E-state index contributed by atoms with van der Waals surface area (Å²) in [6.07, 6.45) is 1.32. The topological polar surface area (TPSA) is 86.9 Å². The fourth-order valence-corrected chi connectivity index (χ4v) is 3.64. The van der Waals surface area contributed by atoms with Crippen molar-refractivity contribution in [2.24, 2.45) is 0 Å². The Morgan fingerprint density at radius 3 is 2.47 bits per heavy atom. The monoisotopic (exact) mass is 258 g/mol. The number of aryl methyl sites for hydroxylation is 2. The number of anilines is 1. The van der Waals surface area contributed by atoms with E-state index >= 15 is 0 Å². The van der Waals surface area contributed by atoms with E-state index in [9.17, 15) is 8.42 Å². The van der Waals surface area contributed by atoms with Crippen LogP contribution in [0.3, 0.4) is 0 Å². The summed E-state index contributed by atoms with van der Waals surface area (Å²) in [7, 11) is -3.30. The minimum Gasteiger partial charge on any atom is -0.317 e. The molecule has 1 aromatic rings. The minimum atomic E-state index is -3.30. The van der Waals surface area contributed by atoms with Crippen molar-refractivity contribution in [3.63, 3.8) is 0 Å². The third kappa shape index (κ3) is 2.61. The third-order valence-corrected chi connectivity index (χ3v) is 4.94. The molecule has 1 aromatic heterocycles. The van der Waals surface area contributed by atoms with Crippen molar-refractivity contribution in [1.82, 2.24) is 15.5 Å². The maximum absolute atomic E-state index is 12.2. The van der Waals surface area contributed by atoms with E-state index in [0.29, 0.717) is 24.2 Å². The van der Waals surface area contributed by atoms with Crippen molar-refractivity contribution in [2.45, 2.75) is 31.9 Å². The van der Waals surface area contributed by atoms with Gasteiger partial charge in [-0.15, -0.1) is 0 Å². The fraction of sp³-hybridized carbons (Fsp3) is 0.700. The number of sulfonamides is 1. The minimum absolute atomic E-state index is 0.308. The highest BCUT2D eigenvalue weighted by Gasteiger charge is 2.28. The van der Waals surface area contributed by atoms with Crippen LogP contribution in [-0.4, -0.2) is 37.0 Å². The Bertz CT molecular complexity index is 469. The second-order valence-electron chi connectivity index (χ2n) is 4.41. The summed E-state index contributed by atoms with van der Waals surface area (Å²) in [6, 6.07) is 0. The molecule has 0 atom stereocenters. The number of nitrogens with zero attached hydrogens (tertiary/aromatic N) is 1. The summed E-state index contributed by atoms with van der Waals surface area (Å²) >= 11 is 0. The highest BCUT2D eigenvalue weighted by Crippen LogP contribution is 2.21. The van der Waals surface area contributed by atoms with Gasteiger partial charge < -0.3 is 5.32 Å². The maximum Gasteiger partial charge on any atom is 0.235 e. The van der Waals surface area contributed by atoms with E-state index in [1.54, 1.807) is 13.8 Å². The second kappa shape index (κ2) is 4.66. The van der Waals surface area contributed by atoms with Gasteiger partial charge in [-0.1, -0.05) is 0 Å². The van der Waals surface area contributed by atoms with Gasteiger partial charge in [0.2, 0.25) is 10.0 Å². The quantitative estimate of drug-likeness (QED) is 0.737. The summed E-state index contributed by atoms with van der Waals surface area (Å²) < 4.78 is 27.0. The lowest BCUT2D eigenvalue weighted by Crippen LogP contribution is -2.38. The van der Waals surface area contributed by atoms with Crippen molar-refractivity contribution >= 4 is 15.7 Å². The number of H-pyrrole nitrogens is 1. The number of piperidine rings is 1. The molecule has 2 heterocycles. The molecule has 0 spiro atoms. The summed E-state index contributed by atoms with van der Waals surface area (Å²) in [6.45, 7) is 5.11. The molecule has 2 rings (SSSR count). The summed E-state index contributed by atoms with van der Waals surface area (Å²) in [5.41, 5.74) is 2.02. The molecule has 0 aliphatic carbocycles. The lowest BCUT2D eigenvalue weighted by atomic mass is 10.2. The van der Waals surface area contributed by atoms with E-state index in [0.717, 1.165) is 18.8 Å². The van der Waals surface area contributed by atoms with E-state index < -0.39 is 10.0 Å². The van der Waals surface area contributed by atoms with Crippen molar-refractivity contribution in [2.75, 3.05) is 17.8 Å². The van der Waals surface area contributed by atoms with Gasteiger partial charge in [-0.25, -0.2) is 8.42 Å². The van der Waals surface area contributed by atoms with Gasteiger partial charge in [-0.3, -0.25) is 9.82 Å². The van der Waals surface area contributed by atoms with Crippen LogP contribution in [0.5, 0.6) is 0 Å². The van der Waals surface area contributed by atoms with Gasteiger partial charge in [0.15, 0.2) is 0 Å². The van der Waals surface area contributed by atoms with Crippen LogP contribution in [0.2, 0.25) is 0 Å². The molecule has 96 valence electrons. The zero-order chi connectivity index (χ0) is 12.5. The highest BCUT2D eigenvalue weighted by molar-refractivity contribution is 7.93. The zero-order valence-corrected chi connectivity index (χ0v) is 10.9. The SMILES string of the molecule is Cc1n[nH]c(C)c1NS(=O)(=O)C1CCNCC1. The third-order valence-electron chi connectivity index (χ3n) is 3.10. The Kier molecular flexibility index (Phi) is 3.39. The van der Waals surface area contributed by atoms with Crippen LogP contribution < -0.4 is 10.0 Å². The number of hydrogen-bond acceptors (Lipinski definition) is 4. The first kappa shape index (κ1) is 12.4. The molecule has 7 heteroatoms. The van der Waals surface area contributed by atoms with Crippen molar-refractivity contribution in [3.05, 3.63) is 11.4 Å². The van der Waals surface area contributed by atoms with Gasteiger partial charge in [0, 0.05) is 0 Å². The Morgan fingerprint density at radius 1 is 1.29 bits per heavy atom. The maximum atomic E-state index is 12.2. The molecule has 1 fully saturated rings. The van der Waals surface area contributed by atoms with Gasteiger partial charge >= 0.3 is 0 Å². The first-order valence-corrected chi connectivity index (χ1v) is 7.29. The average Bonchev–Trinajstić information content (AvgIpc) is 2.62.